The van der Waals surface area contributed by atoms with Gasteiger partial charge in [0.2, 0.25) is 10.0 Å². The zero-order valence-corrected chi connectivity index (χ0v) is 23.3. The van der Waals surface area contributed by atoms with Gasteiger partial charge in [-0.25, -0.2) is 30.7 Å². The zero-order valence-electron chi connectivity index (χ0n) is 22.4. The average molecular weight is 599 g/mol. The molecular weight excluding hydrogens is 572 g/mol. The molecule has 0 saturated carbocycles. The smallest absolute Gasteiger partial charge is 0.243 e. The second-order valence-corrected chi connectivity index (χ2v) is 12.5. The van der Waals surface area contributed by atoms with Crippen molar-refractivity contribution in [2.45, 2.75) is 37.2 Å². The van der Waals surface area contributed by atoms with Crippen molar-refractivity contribution in [1.82, 2.24) is 19.1 Å². The van der Waals surface area contributed by atoms with Gasteiger partial charge in [0, 0.05) is 24.7 Å². The Bertz CT molecular complexity index is 1800. The summed E-state index contributed by atoms with van der Waals surface area (Å²) in [5.41, 5.74) is 2.89. The molecule has 0 spiro atoms. The van der Waals surface area contributed by atoms with Gasteiger partial charge in [-0.15, -0.1) is 0 Å². The monoisotopic (exact) mass is 598 g/mol. The van der Waals surface area contributed by atoms with Crippen LogP contribution in [0.3, 0.4) is 0 Å². The molecule has 0 unspecified atom stereocenters. The van der Waals surface area contributed by atoms with Gasteiger partial charge in [-0.3, -0.25) is 4.98 Å². The molecule has 1 N–H and O–H groups in total. The van der Waals surface area contributed by atoms with Gasteiger partial charge in [0.1, 0.15) is 11.9 Å². The number of hydrogen-bond donors (Lipinski definition) is 1. The summed E-state index contributed by atoms with van der Waals surface area (Å²) in [4.78, 5) is 3.68. The Labute approximate surface area is 239 Å². The first-order chi connectivity index (χ1) is 20.0. The van der Waals surface area contributed by atoms with E-state index in [2.05, 4.69) is 10.1 Å². The number of hydrogen-bond acceptors (Lipinski definition) is 5. The molecule has 1 saturated heterocycles. The Balaban J connectivity index is 1.46. The number of pyridine rings is 1. The number of benzene rings is 2. The Morgan fingerprint density at radius 3 is 2.45 bits per heavy atom. The molecule has 0 bridgehead atoms. The molecule has 0 amide bonds. The number of nitrogens with zero attached hydrogens (tertiary/aromatic N) is 4. The van der Waals surface area contributed by atoms with Crippen LogP contribution in [0.2, 0.25) is 0 Å². The van der Waals surface area contributed by atoms with Gasteiger partial charge < -0.3 is 5.11 Å². The number of sulfonamides is 1. The van der Waals surface area contributed by atoms with Crippen molar-refractivity contribution in [3.63, 3.8) is 0 Å². The van der Waals surface area contributed by atoms with Crippen LogP contribution in [0.15, 0.2) is 71.4 Å². The highest BCUT2D eigenvalue weighted by Crippen LogP contribution is 2.52. The van der Waals surface area contributed by atoms with Crippen molar-refractivity contribution in [2.75, 3.05) is 13.1 Å². The van der Waals surface area contributed by atoms with E-state index >= 15 is 0 Å². The second kappa shape index (κ2) is 10.4. The number of aliphatic hydroxyl groups excluding tert-OH is 1. The molecule has 3 heterocycles. The fourth-order valence-corrected chi connectivity index (χ4v) is 7.43. The number of halogens is 4. The van der Waals surface area contributed by atoms with Crippen LogP contribution in [0.4, 0.5) is 17.6 Å². The van der Waals surface area contributed by atoms with Crippen LogP contribution in [-0.4, -0.2) is 45.7 Å². The summed E-state index contributed by atoms with van der Waals surface area (Å²) < 4.78 is 85.3. The molecule has 2 atom stereocenters. The van der Waals surface area contributed by atoms with Crippen LogP contribution < -0.4 is 0 Å². The maximum atomic E-state index is 14.0. The van der Waals surface area contributed by atoms with E-state index in [9.17, 15) is 31.1 Å². The average Bonchev–Trinajstić information content (AvgIpc) is 3.40. The van der Waals surface area contributed by atoms with Crippen LogP contribution >= 0.6 is 0 Å². The molecule has 1 aliphatic heterocycles. The minimum atomic E-state index is -4.49. The molecule has 2 aromatic heterocycles. The summed E-state index contributed by atoms with van der Waals surface area (Å²) in [7, 11) is -4.49. The molecule has 4 aromatic rings. The van der Waals surface area contributed by atoms with Gasteiger partial charge in [0.15, 0.2) is 17.5 Å². The van der Waals surface area contributed by atoms with E-state index in [1.165, 1.54) is 12.1 Å². The third kappa shape index (κ3) is 4.63. The standard InChI is InChI=1S/C30H26F4N4O3S/c1-2-18-7-9-35-26(11-18)29(39)30-15-19-16-36-38(22-5-3-21(31)4-6-22)27(19)12-20(30)8-10-37(17-30)42(40,41)23-13-24(32)28(34)25(33)14-23/h3-7,9,11-14,16,29,39H,2,8,10,15,17H2,1H3/t29-,30-/m0/s1. The van der Waals surface area contributed by atoms with Gasteiger partial charge in [0.05, 0.1) is 28.2 Å². The number of aliphatic hydroxyl groups is 1. The van der Waals surface area contributed by atoms with Gasteiger partial charge in [0.25, 0.3) is 0 Å². The van der Waals surface area contributed by atoms with Gasteiger partial charge in [-0.05, 0) is 85.0 Å². The van der Waals surface area contributed by atoms with Crippen molar-refractivity contribution in [2.24, 2.45) is 5.41 Å². The highest BCUT2D eigenvalue weighted by Gasteiger charge is 2.51. The summed E-state index contributed by atoms with van der Waals surface area (Å²) in [6.45, 7) is 1.68. The van der Waals surface area contributed by atoms with E-state index in [0.29, 0.717) is 41.2 Å². The molecule has 6 rings (SSSR count). The molecule has 12 heteroatoms. The first kappa shape index (κ1) is 28.3. The quantitative estimate of drug-likeness (QED) is 0.245. The highest BCUT2D eigenvalue weighted by atomic mass is 32.2. The summed E-state index contributed by atoms with van der Waals surface area (Å²) in [6.07, 6.45) is 4.86. The maximum absolute atomic E-state index is 14.0. The summed E-state index contributed by atoms with van der Waals surface area (Å²) >= 11 is 0. The molecule has 1 aliphatic carbocycles. The number of aromatic nitrogens is 3. The lowest BCUT2D eigenvalue weighted by Gasteiger charge is -2.48. The van der Waals surface area contributed by atoms with Crippen LogP contribution in [0.5, 0.6) is 0 Å². The van der Waals surface area contributed by atoms with Crippen molar-refractivity contribution in [3.05, 3.63) is 112 Å². The lowest BCUT2D eigenvalue weighted by Crippen LogP contribution is -2.52. The summed E-state index contributed by atoms with van der Waals surface area (Å²) in [5, 5.41) is 16.4. The van der Waals surface area contributed by atoms with Crippen LogP contribution in [-0.2, 0) is 22.9 Å². The van der Waals surface area contributed by atoms with Crippen molar-refractivity contribution in [1.29, 1.82) is 0 Å². The SMILES string of the molecule is CCc1ccnc([C@H](O)[C@]23Cc4cnn(-c5ccc(F)cc5)c4C=C2CCN(S(=O)(=O)c2cc(F)c(F)c(F)c2)C3)c1. The Hall–Kier alpha value is -3.87. The topological polar surface area (TPSA) is 88.3 Å². The van der Waals surface area contributed by atoms with Crippen molar-refractivity contribution >= 4 is 16.1 Å². The third-order valence-electron chi connectivity index (χ3n) is 8.16. The molecule has 2 aromatic carbocycles. The fraction of sp³-hybridized carbons (Fsp3) is 0.267. The van der Waals surface area contributed by atoms with E-state index in [1.807, 2.05) is 19.1 Å². The third-order valence-corrected chi connectivity index (χ3v) is 9.98. The molecule has 1 fully saturated rings. The van der Waals surface area contributed by atoms with E-state index in [0.717, 1.165) is 15.4 Å². The minimum absolute atomic E-state index is 0.0499. The van der Waals surface area contributed by atoms with E-state index in [4.69, 9.17) is 0 Å². The van der Waals surface area contributed by atoms with Crippen LogP contribution in [0.1, 0.15) is 42.0 Å². The molecule has 2 aliphatic rings. The predicted octanol–water partition coefficient (Wildman–Crippen LogP) is 5.14. The Kier molecular flexibility index (Phi) is 7.03. The Morgan fingerprint density at radius 2 is 1.76 bits per heavy atom. The largest absolute Gasteiger partial charge is 0.386 e. The normalized spacial score (nSPS) is 19.6. The number of piperidine rings is 1. The van der Waals surface area contributed by atoms with Gasteiger partial charge in [-0.2, -0.15) is 9.40 Å². The molecular formula is C30H26F4N4O3S. The molecule has 7 nitrogen and oxygen atoms in total. The number of rotatable bonds is 6. The zero-order chi connectivity index (χ0) is 29.8. The lowest BCUT2D eigenvalue weighted by atomic mass is 9.64. The van der Waals surface area contributed by atoms with Crippen LogP contribution in [0, 0.1) is 28.7 Å². The minimum Gasteiger partial charge on any atom is -0.386 e. The second-order valence-electron chi connectivity index (χ2n) is 10.6. The lowest BCUT2D eigenvalue weighted by molar-refractivity contribution is 0.0187. The van der Waals surface area contributed by atoms with E-state index < -0.39 is 49.7 Å². The van der Waals surface area contributed by atoms with Gasteiger partial charge >= 0.3 is 0 Å². The maximum Gasteiger partial charge on any atom is 0.243 e. The van der Waals surface area contributed by atoms with E-state index in [1.54, 1.807) is 35.3 Å². The first-order valence-electron chi connectivity index (χ1n) is 13.3. The van der Waals surface area contributed by atoms with Gasteiger partial charge in [-0.1, -0.05) is 12.5 Å². The first-order valence-corrected chi connectivity index (χ1v) is 14.8. The Morgan fingerprint density at radius 1 is 1.05 bits per heavy atom. The van der Waals surface area contributed by atoms with Crippen molar-refractivity contribution in [3.8, 4) is 5.69 Å². The predicted molar refractivity (Wildman–Crippen MR) is 146 cm³/mol. The van der Waals surface area contributed by atoms with Crippen LogP contribution in [0.25, 0.3) is 11.8 Å². The summed E-state index contributed by atoms with van der Waals surface area (Å²) in [6, 6.07) is 10.3. The number of aryl methyl sites for hydroxylation is 1. The molecule has 0 radical (unpaired) electrons. The summed E-state index contributed by atoms with van der Waals surface area (Å²) in [5.74, 6) is -5.38. The molecule has 218 valence electrons. The highest BCUT2D eigenvalue weighted by molar-refractivity contribution is 7.89. The number of fused-ring (bicyclic) bond motifs is 2. The van der Waals surface area contributed by atoms with Crippen molar-refractivity contribution < 1.29 is 31.1 Å². The fourth-order valence-electron chi connectivity index (χ4n) is 5.89. The van der Waals surface area contributed by atoms with E-state index in [-0.39, 0.29) is 25.9 Å². The molecule has 42 heavy (non-hydrogen) atoms.